The lowest BCUT2D eigenvalue weighted by molar-refractivity contribution is -0.131. The highest BCUT2D eigenvalue weighted by Crippen LogP contribution is 2.19. The summed E-state index contributed by atoms with van der Waals surface area (Å²) in [6.45, 7) is 8.22. The first kappa shape index (κ1) is 25.2. The molecule has 0 bridgehead atoms. The Hall–Kier alpha value is -3.43. The lowest BCUT2D eigenvalue weighted by atomic mass is 10.2. The number of carbonyl (C=O) groups is 2. The molecule has 2 aliphatic heterocycles. The van der Waals surface area contributed by atoms with E-state index in [1.165, 1.54) is 25.9 Å². The van der Waals surface area contributed by atoms with E-state index >= 15 is 0 Å². The van der Waals surface area contributed by atoms with E-state index in [9.17, 15) is 9.59 Å². The first-order chi connectivity index (χ1) is 18.1. The number of ether oxygens (including phenoxy) is 1. The second-order valence-electron chi connectivity index (χ2n) is 9.81. The van der Waals surface area contributed by atoms with Crippen molar-refractivity contribution in [2.45, 2.75) is 19.4 Å². The Labute approximate surface area is 218 Å². The topological polar surface area (TPSA) is 82.9 Å². The summed E-state index contributed by atoms with van der Waals surface area (Å²) in [4.78, 5) is 37.4. The fraction of sp³-hybridized carbons (Fsp3) is 0.464. The molecule has 0 unspecified atom stereocenters. The van der Waals surface area contributed by atoms with Crippen molar-refractivity contribution >= 4 is 22.8 Å². The van der Waals surface area contributed by atoms with Crippen LogP contribution in [0.5, 0.6) is 5.75 Å². The Morgan fingerprint density at radius 2 is 1.57 bits per heavy atom. The zero-order valence-electron chi connectivity index (χ0n) is 21.6. The molecule has 0 atom stereocenters. The third-order valence-corrected chi connectivity index (χ3v) is 7.41. The van der Waals surface area contributed by atoms with Crippen molar-refractivity contribution in [3.63, 3.8) is 0 Å². The van der Waals surface area contributed by atoms with Crippen LogP contribution in [-0.2, 0) is 11.3 Å². The highest BCUT2D eigenvalue weighted by Gasteiger charge is 2.24. The molecular formula is C28H36N6O3. The van der Waals surface area contributed by atoms with Crippen molar-refractivity contribution in [1.82, 2.24) is 29.6 Å². The van der Waals surface area contributed by atoms with Gasteiger partial charge in [0, 0.05) is 45.8 Å². The number of likely N-dealkylation sites (tertiary alicyclic amines) is 1. The number of imidazole rings is 1. The zero-order chi connectivity index (χ0) is 25.6. The lowest BCUT2D eigenvalue weighted by Crippen LogP contribution is -2.52. The fourth-order valence-corrected chi connectivity index (χ4v) is 5.18. The quantitative estimate of drug-likeness (QED) is 0.481. The Kier molecular flexibility index (Phi) is 8.01. The van der Waals surface area contributed by atoms with Crippen LogP contribution in [0, 0.1) is 0 Å². The van der Waals surface area contributed by atoms with Gasteiger partial charge >= 0.3 is 0 Å². The average molecular weight is 505 g/mol. The van der Waals surface area contributed by atoms with E-state index in [-0.39, 0.29) is 18.4 Å². The molecule has 9 nitrogen and oxygen atoms in total. The monoisotopic (exact) mass is 504 g/mol. The van der Waals surface area contributed by atoms with Crippen molar-refractivity contribution in [2.75, 3.05) is 66.0 Å². The largest absolute Gasteiger partial charge is 0.497 e. The molecule has 1 N–H and O–H groups in total. The van der Waals surface area contributed by atoms with Gasteiger partial charge in [-0.2, -0.15) is 0 Å². The Bertz CT molecular complexity index is 1210. The second-order valence-corrected chi connectivity index (χ2v) is 9.81. The molecule has 2 amide bonds. The fourth-order valence-electron chi connectivity index (χ4n) is 5.18. The number of nitrogens with one attached hydrogen (secondary N) is 1. The van der Waals surface area contributed by atoms with E-state index in [1.54, 1.807) is 7.11 Å². The third kappa shape index (κ3) is 6.11. The SMILES string of the molecule is COc1ccc(Cn2c(C(=O)NCC(=O)N3CCN(CCN4CCCC4)CC3)nc3ccccc32)cc1. The Balaban J connectivity index is 1.17. The average Bonchev–Trinajstić information content (AvgIpc) is 3.59. The molecule has 2 aliphatic rings. The minimum Gasteiger partial charge on any atom is -0.497 e. The smallest absolute Gasteiger partial charge is 0.287 e. The van der Waals surface area contributed by atoms with Gasteiger partial charge in [-0.25, -0.2) is 4.98 Å². The van der Waals surface area contributed by atoms with Crippen LogP contribution in [0.15, 0.2) is 48.5 Å². The molecule has 3 aromatic rings. The number of rotatable bonds is 9. The molecule has 0 spiro atoms. The molecule has 2 saturated heterocycles. The van der Waals surface area contributed by atoms with Crippen LogP contribution < -0.4 is 10.1 Å². The van der Waals surface area contributed by atoms with E-state index < -0.39 is 0 Å². The first-order valence-corrected chi connectivity index (χ1v) is 13.2. The Morgan fingerprint density at radius 1 is 0.892 bits per heavy atom. The number of nitrogens with zero attached hydrogens (tertiary/aromatic N) is 5. The molecular weight excluding hydrogens is 468 g/mol. The summed E-state index contributed by atoms with van der Waals surface area (Å²) in [5.41, 5.74) is 2.65. The summed E-state index contributed by atoms with van der Waals surface area (Å²) in [6, 6.07) is 15.4. The van der Waals surface area contributed by atoms with E-state index in [1.807, 2.05) is 58.0 Å². The van der Waals surface area contributed by atoms with Crippen LogP contribution in [0.3, 0.4) is 0 Å². The van der Waals surface area contributed by atoms with Gasteiger partial charge in [-0.15, -0.1) is 0 Å². The van der Waals surface area contributed by atoms with Gasteiger partial charge in [0.15, 0.2) is 5.82 Å². The summed E-state index contributed by atoms with van der Waals surface area (Å²) in [7, 11) is 1.64. The van der Waals surface area contributed by atoms with Crippen LogP contribution in [0.1, 0.15) is 29.0 Å². The number of hydrogen-bond donors (Lipinski definition) is 1. The predicted molar refractivity (Wildman–Crippen MR) is 143 cm³/mol. The number of piperazine rings is 1. The number of carbonyl (C=O) groups excluding carboxylic acids is 2. The Morgan fingerprint density at radius 3 is 2.27 bits per heavy atom. The van der Waals surface area contributed by atoms with E-state index in [0.717, 1.165) is 48.5 Å². The number of amides is 2. The van der Waals surface area contributed by atoms with Gasteiger partial charge in [0.1, 0.15) is 5.75 Å². The predicted octanol–water partition coefficient (Wildman–Crippen LogP) is 2.06. The van der Waals surface area contributed by atoms with Gasteiger partial charge in [0.25, 0.3) is 5.91 Å². The van der Waals surface area contributed by atoms with Gasteiger partial charge in [0.2, 0.25) is 5.91 Å². The number of para-hydroxylation sites is 2. The molecule has 2 aromatic carbocycles. The van der Waals surface area contributed by atoms with Gasteiger partial charge < -0.3 is 24.4 Å². The van der Waals surface area contributed by atoms with Gasteiger partial charge in [-0.05, 0) is 55.8 Å². The molecule has 0 aliphatic carbocycles. The summed E-state index contributed by atoms with van der Waals surface area (Å²) < 4.78 is 7.16. The maximum Gasteiger partial charge on any atom is 0.287 e. The molecule has 3 heterocycles. The highest BCUT2D eigenvalue weighted by molar-refractivity contribution is 5.96. The minimum atomic E-state index is -0.345. The summed E-state index contributed by atoms with van der Waals surface area (Å²) in [5, 5.41) is 2.82. The van der Waals surface area contributed by atoms with Crippen molar-refractivity contribution in [2.24, 2.45) is 0 Å². The molecule has 196 valence electrons. The van der Waals surface area contributed by atoms with E-state index in [2.05, 4.69) is 20.1 Å². The van der Waals surface area contributed by atoms with Crippen LogP contribution in [-0.4, -0.2) is 102 Å². The summed E-state index contributed by atoms with van der Waals surface area (Å²) in [6.07, 6.45) is 2.62. The number of benzene rings is 2. The minimum absolute atomic E-state index is 0.0294. The van der Waals surface area contributed by atoms with Gasteiger partial charge in [0.05, 0.1) is 24.7 Å². The maximum atomic E-state index is 13.2. The molecule has 9 heteroatoms. The van der Waals surface area contributed by atoms with E-state index in [4.69, 9.17) is 4.74 Å². The van der Waals surface area contributed by atoms with Gasteiger partial charge in [-0.3, -0.25) is 14.5 Å². The summed E-state index contributed by atoms with van der Waals surface area (Å²) >= 11 is 0. The van der Waals surface area contributed by atoms with Crippen molar-refractivity contribution in [1.29, 1.82) is 0 Å². The van der Waals surface area contributed by atoms with Crippen LogP contribution in [0.4, 0.5) is 0 Å². The molecule has 1 aromatic heterocycles. The van der Waals surface area contributed by atoms with Gasteiger partial charge in [-0.1, -0.05) is 24.3 Å². The van der Waals surface area contributed by atoms with Crippen LogP contribution >= 0.6 is 0 Å². The van der Waals surface area contributed by atoms with Crippen molar-refractivity contribution in [3.8, 4) is 5.75 Å². The van der Waals surface area contributed by atoms with Crippen molar-refractivity contribution < 1.29 is 14.3 Å². The lowest BCUT2D eigenvalue weighted by Gasteiger charge is -2.35. The number of fused-ring (bicyclic) bond motifs is 1. The molecule has 5 rings (SSSR count). The van der Waals surface area contributed by atoms with E-state index in [0.29, 0.717) is 25.5 Å². The molecule has 2 fully saturated rings. The maximum absolute atomic E-state index is 13.2. The van der Waals surface area contributed by atoms with Crippen LogP contribution in [0.25, 0.3) is 11.0 Å². The second kappa shape index (κ2) is 11.7. The number of methoxy groups -OCH3 is 1. The zero-order valence-corrected chi connectivity index (χ0v) is 21.6. The standard InChI is InChI=1S/C28H36N6O3/c1-37-23-10-8-22(9-11-23)21-34-25-7-3-2-6-24(25)30-27(34)28(36)29-20-26(35)33-18-16-32(17-19-33)15-14-31-12-4-5-13-31/h2-3,6-11H,4-5,12-21H2,1H3,(H,29,36). The molecule has 37 heavy (non-hydrogen) atoms. The number of aromatic nitrogens is 2. The summed E-state index contributed by atoms with van der Waals surface area (Å²) in [5.74, 6) is 0.687. The number of hydrogen-bond acceptors (Lipinski definition) is 6. The first-order valence-electron chi connectivity index (χ1n) is 13.2. The highest BCUT2D eigenvalue weighted by atomic mass is 16.5. The normalized spacial score (nSPS) is 16.8. The molecule has 0 saturated carbocycles. The molecule has 0 radical (unpaired) electrons. The van der Waals surface area contributed by atoms with Crippen molar-refractivity contribution in [3.05, 3.63) is 59.9 Å². The third-order valence-electron chi connectivity index (χ3n) is 7.41. The van der Waals surface area contributed by atoms with Crippen LogP contribution in [0.2, 0.25) is 0 Å².